The molecule has 0 radical (unpaired) electrons. The molecule has 0 N–H and O–H groups in total. The standard InChI is InChI=1S/C13H11O4P.Na/c14-13(11-7-3-1-4-8-11)17-18(15,16)12-9-5-2-6-10-12;/h1-10H,(H,15,16);/q;+1/p-1. The van der Waals surface area contributed by atoms with Crippen LogP contribution in [0.2, 0.25) is 0 Å². The van der Waals surface area contributed by atoms with E-state index in [4.69, 9.17) is 0 Å². The van der Waals surface area contributed by atoms with Gasteiger partial charge in [0.15, 0.2) is 0 Å². The van der Waals surface area contributed by atoms with Crippen molar-refractivity contribution < 1.29 is 48.3 Å². The van der Waals surface area contributed by atoms with E-state index < -0.39 is 13.6 Å². The summed E-state index contributed by atoms with van der Waals surface area (Å²) in [5, 5.41) is -0.0192. The van der Waals surface area contributed by atoms with Crippen LogP contribution in [-0.4, -0.2) is 5.97 Å². The van der Waals surface area contributed by atoms with Gasteiger partial charge in [0.25, 0.3) is 0 Å². The predicted octanol–water partition coefficient (Wildman–Crippen LogP) is -1.27. The van der Waals surface area contributed by atoms with Crippen molar-refractivity contribution in [1.29, 1.82) is 0 Å². The summed E-state index contributed by atoms with van der Waals surface area (Å²) in [7, 11) is -4.37. The van der Waals surface area contributed by atoms with E-state index in [2.05, 4.69) is 4.52 Å². The molecule has 0 fully saturated rings. The second-order valence-electron chi connectivity index (χ2n) is 3.58. The fraction of sp³-hybridized carbons (Fsp3) is 0. The Kier molecular flexibility index (Phi) is 5.98. The Labute approximate surface area is 133 Å². The molecule has 1 unspecified atom stereocenters. The van der Waals surface area contributed by atoms with Gasteiger partial charge < -0.3 is 9.42 Å². The Morgan fingerprint density at radius 1 is 0.947 bits per heavy atom. The van der Waals surface area contributed by atoms with Gasteiger partial charge in [-0.25, -0.2) is 4.79 Å². The van der Waals surface area contributed by atoms with Crippen LogP contribution in [0.15, 0.2) is 60.7 Å². The van der Waals surface area contributed by atoms with Crippen LogP contribution in [0.4, 0.5) is 0 Å². The van der Waals surface area contributed by atoms with Crippen LogP contribution >= 0.6 is 7.60 Å². The maximum absolute atomic E-state index is 11.8. The minimum atomic E-state index is -4.37. The summed E-state index contributed by atoms with van der Waals surface area (Å²) in [5.74, 6) is -0.877. The smallest absolute Gasteiger partial charge is 0.765 e. The molecule has 19 heavy (non-hydrogen) atoms. The van der Waals surface area contributed by atoms with E-state index in [0.29, 0.717) is 0 Å². The van der Waals surface area contributed by atoms with Crippen molar-refractivity contribution in [1.82, 2.24) is 0 Å². The summed E-state index contributed by atoms with van der Waals surface area (Å²) < 4.78 is 16.4. The molecule has 1 atom stereocenters. The number of benzene rings is 2. The Hall–Kier alpha value is -0.900. The van der Waals surface area contributed by atoms with Gasteiger partial charge in [0.05, 0.1) is 5.56 Å². The molecule has 4 nitrogen and oxygen atoms in total. The first-order valence-electron chi connectivity index (χ1n) is 5.25. The van der Waals surface area contributed by atoms with E-state index in [9.17, 15) is 14.3 Å². The van der Waals surface area contributed by atoms with Crippen molar-refractivity contribution in [2.24, 2.45) is 0 Å². The maximum Gasteiger partial charge on any atom is 1.00 e. The third-order valence-corrected chi connectivity index (χ3v) is 3.62. The Balaban J connectivity index is 0.00000180. The van der Waals surface area contributed by atoms with Gasteiger partial charge in [-0.15, -0.1) is 0 Å². The average molecular weight is 284 g/mol. The fourth-order valence-corrected chi connectivity index (χ4v) is 2.37. The van der Waals surface area contributed by atoms with Gasteiger partial charge in [-0.2, -0.15) is 0 Å². The number of hydrogen-bond donors (Lipinski definition) is 0. The second kappa shape index (κ2) is 7.04. The summed E-state index contributed by atoms with van der Waals surface area (Å²) in [4.78, 5) is 23.4. The summed E-state index contributed by atoms with van der Waals surface area (Å²) in [5.41, 5.74) is 0.199. The zero-order valence-electron chi connectivity index (χ0n) is 10.4. The average Bonchev–Trinajstić information content (AvgIpc) is 2.40. The van der Waals surface area contributed by atoms with Gasteiger partial charge in [0.1, 0.15) is 0 Å². The van der Waals surface area contributed by atoms with Crippen molar-refractivity contribution in [2.45, 2.75) is 0 Å². The van der Waals surface area contributed by atoms with Crippen LogP contribution < -0.4 is 39.8 Å². The van der Waals surface area contributed by atoms with Crippen LogP contribution in [0.3, 0.4) is 0 Å². The second-order valence-corrected chi connectivity index (χ2v) is 5.27. The first-order valence-corrected chi connectivity index (χ1v) is 6.79. The van der Waals surface area contributed by atoms with E-state index in [-0.39, 0.29) is 40.4 Å². The molecule has 2 aromatic carbocycles. The van der Waals surface area contributed by atoms with Crippen LogP contribution in [0.1, 0.15) is 10.4 Å². The molecule has 0 heterocycles. The molecule has 0 bridgehead atoms. The third kappa shape index (κ3) is 4.30. The van der Waals surface area contributed by atoms with Crippen molar-refractivity contribution >= 4 is 18.9 Å². The molecule has 92 valence electrons. The van der Waals surface area contributed by atoms with Gasteiger partial charge in [0.2, 0.25) is 7.60 Å². The quantitative estimate of drug-likeness (QED) is 0.520. The topological polar surface area (TPSA) is 66.4 Å². The molecule has 0 spiro atoms. The van der Waals surface area contributed by atoms with Gasteiger partial charge >= 0.3 is 35.5 Å². The molecule has 0 aliphatic carbocycles. The number of carbonyl (C=O) groups excluding carboxylic acids is 1. The first-order chi connectivity index (χ1) is 8.59. The predicted molar refractivity (Wildman–Crippen MR) is 65.5 cm³/mol. The van der Waals surface area contributed by atoms with Crippen molar-refractivity contribution in [3.05, 3.63) is 66.2 Å². The largest absolute Gasteiger partial charge is 1.00 e. The molecular formula is C13H10NaO4P. The van der Waals surface area contributed by atoms with Crippen molar-refractivity contribution in [3.8, 4) is 0 Å². The van der Waals surface area contributed by atoms with E-state index in [1.165, 1.54) is 24.3 Å². The Bertz CT molecular complexity index is 586. The Morgan fingerprint density at radius 3 is 1.95 bits per heavy atom. The SMILES string of the molecule is O=C(OP(=O)([O-])c1ccccc1)c1ccccc1.[Na+]. The third-order valence-electron chi connectivity index (χ3n) is 2.29. The monoisotopic (exact) mass is 284 g/mol. The molecule has 6 heteroatoms. The number of rotatable bonds is 3. The summed E-state index contributed by atoms with van der Waals surface area (Å²) in [6, 6.07) is 15.6. The zero-order valence-corrected chi connectivity index (χ0v) is 13.2. The summed E-state index contributed by atoms with van der Waals surface area (Å²) in [6.07, 6.45) is 0. The molecular weight excluding hydrogens is 274 g/mol. The molecule has 0 aliphatic heterocycles. The zero-order chi connectivity index (χ0) is 13.0. The minimum Gasteiger partial charge on any atom is -0.765 e. The molecule has 0 amide bonds. The van der Waals surface area contributed by atoms with Crippen molar-refractivity contribution in [2.75, 3.05) is 0 Å². The molecule has 2 rings (SSSR count). The number of hydrogen-bond acceptors (Lipinski definition) is 4. The molecule has 0 aromatic heterocycles. The van der Waals surface area contributed by atoms with E-state index in [1.807, 2.05) is 0 Å². The molecule has 0 saturated carbocycles. The normalized spacial score (nSPS) is 12.9. The van der Waals surface area contributed by atoms with E-state index in [1.54, 1.807) is 36.4 Å². The van der Waals surface area contributed by atoms with Crippen LogP contribution in [-0.2, 0) is 9.09 Å². The first kappa shape index (κ1) is 16.2. The van der Waals surface area contributed by atoms with Gasteiger partial charge in [0, 0.05) is 5.30 Å². The van der Waals surface area contributed by atoms with Gasteiger partial charge in [-0.1, -0.05) is 36.4 Å². The number of carbonyl (C=O) groups is 1. The van der Waals surface area contributed by atoms with E-state index in [0.717, 1.165) is 0 Å². The minimum absolute atomic E-state index is 0. The summed E-state index contributed by atoms with van der Waals surface area (Å²) in [6.45, 7) is 0. The summed E-state index contributed by atoms with van der Waals surface area (Å²) >= 11 is 0. The van der Waals surface area contributed by atoms with E-state index >= 15 is 0 Å². The maximum atomic E-state index is 11.8. The van der Waals surface area contributed by atoms with Gasteiger partial charge in [-0.3, -0.25) is 4.57 Å². The molecule has 2 aromatic rings. The van der Waals surface area contributed by atoms with Crippen LogP contribution in [0.5, 0.6) is 0 Å². The van der Waals surface area contributed by atoms with Crippen molar-refractivity contribution in [3.63, 3.8) is 0 Å². The Morgan fingerprint density at radius 2 is 1.42 bits per heavy atom. The van der Waals surface area contributed by atoms with Gasteiger partial charge in [-0.05, 0) is 24.3 Å². The van der Waals surface area contributed by atoms with Crippen LogP contribution in [0, 0.1) is 0 Å². The molecule has 0 saturated heterocycles. The van der Waals surface area contributed by atoms with Crippen LogP contribution in [0.25, 0.3) is 0 Å². The molecule has 0 aliphatic rings. The fourth-order valence-electron chi connectivity index (χ4n) is 1.40.